The molecule has 4 heterocycles. The molecule has 25 heavy (non-hydrogen) atoms. The summed E-state index contributed by atoms with van der Waals surface area (Å²) >= 11 is 0. The summed E-state index contributed by atoms with van der Waals surface area (Å²) in [6.07, 6.45) is 4.47. The lowest BCUT2D eigenvalue weighted by Gasteiger charge is -2.35. The van der Waals surface area contributed by atoms with E-state index >= 15 is 0 Å². The molecule has 0 unspecified atom stereocenters. The molecule has 0 saturated carbocycles. The second-order valence-corrected chi connectivity index (χ2v) is 6.61. The van der Waals surface area contributed by atoms with Crippen LogP contribution in [0.25, 0.3) is 0 Å². The maximum absolute atomic E-state index is 12.5. The fourth-order valence-corrected chi connectivity index (χ4v) is 3.69. The molecule has 2 aliphatic heterocycles. The largest absolute Gasteiger partial charge is 0.376 e. The van der Waals surface area contributed by atoms with Gasteiger partial charge in [-0.3, -0.25) is 4.79 Å². The molecule has 2 fully saturated rings. The van der Waals surface area contributed by atoms with Crippen LogP contribution in [0.2, 0.25) is 0 Å². The summed E-state index contributed by atoms with van der Waals surface area (Å²) in [5.41, 5.74) is 0.384. The molecule has 8 heteroatoms. The Hall–Kier alpha value is -2.48. The zero-order chi connectivity index (χ0) is 17.2. The van der Waals surface area contributed by atoms with Crippen LogP contribution in [0.3, 0.4) is 0 Å². The fraction of sp³-hybridized carbons (Fsp3) is 0.529. The van der Waals surface area contributed by atoms with Crippen LogP contribution in [0.15, 0.2) is 29.0 Å². The molecule has 3 atom stereocenters. The SMILES string of the molecule is Cc1cc(C(=O)N2CC[C@@H]3[C@@H](CO[C@H]3CNc3ncccn3)C2)no1. The van der Waals surface area contributed by atoms with Gasteiger partial charge in [0.15, 0.2) is 5.69 Å². The molecule has 0 aliphatic carbocycles. The van der Waals surface area contributed by atoms with Gasteiger partial charge in [-0.2, -0.15) is 0 Å². The molecule has 1 amide bonds. The fourth-order valence-electron chi connectivity index (χ4n) is 3.69. The van der Waals surface area contributed by atoms with Crippen molar-refractivity contribution in [1.29, 1.82) is 0 Å². The molecule has 8 nitrogen and oxygen atoms in total. The second-order valence-electron chi connectivity index (χ2n) is 6.61. The number of nitrogens with zero attached hydrogens (tertiary/aromatic N) is 4. The molecular weight excluding hydrogens is 322 g/mol. The number of aryl methyl sites for hydroxylation is 1. The quantitative estimate of drug-likeness (QED) is 0.896. The normalized spacial score (nSPS) is 25.6. The second kappa shape index (κ2) is 6.79. The van der Waals surface area contributed by atoms with E-state index in [0.717, 1.165) is 6.42 Å². The first-order valence-corrected chi connectivity index (χ1v) is 8.56. The summed E-state index contributed by atoms with van der Waals surface area (Å²) < 4.78 is 11.0. The highest BCUT2D eigenvalue weighted by atomic mass is 16.5. The Labute approximate surface area is 145 Å². The van der Waals surface area contributed by atoms with Crippen molar-refractivity contribution in [3.8, 4) is 0 Å². The van der Waals surface area contributed by atoms with Crippen LogP contribution in [0.4, 0.5) is 5.95 Å². The summed E-state index contributed by atoms with van der Waals surface area (Å²) in [5, 5.41) is 7.07. The monoisotopic (exact) mass is 343 g/mol. The molecule has 0 radical (unpaired) electrons. The molecule has 132 valence electrons. The van der Waals surface area contributed by atoms with Gasteiger partial charge in [0, 0.05) is 44.0 Å². The van der Waals surface area contributed by atoms with Crippen molar-refractivity contribution in [2.75, 3.05) is 31.6 Å². The third kappa shape index (κ3) is 3.34. The van der Waals surface area contributed by atoms with Crippen molar-refractivity contribution >= 4 is 11.9 Å². The van der Waals surface area contributed by atoms with Gasteiger partial charge in [0.05, 0.1) is 12.7 Å². The highest BCUT2D eigenvalue weighted by Gasteiger charge is 2.42. The van der Waals surface area contributed by atoms with Crippen molar-refractivity contribution in [2.24, 2.45) is 11.8 Å². The summed E-state index contributed by atoms with van der Waals surface area (Å²) in [4.78, 5) is 22.7. The maximum atomic E-state index is 12.5. The standard InChI is InChI=1S/C17H21N5O3/c1-11-7-14(21-25-11)16(23)22-6-3-13-12(9-22)10-24-15(13)8-20-17-18-4-2-5-19-17/h2,4-5,7,12-13,15H,3,6,8-10H2,1H3,(H,18,19,20)/t12-,13-,15+/m1/s1. The average Bonchev–Trinajstić information content (AvgIpc) is 3.26. The molecule has 4 rings (SSSR count). The number of anilines is 1. The zero-order valence-corrected chi connectivity index (χ0v) is 14.1. The molecule has 1 N–H and O–H groups in total. The number of piperidine rings is 1. The van der Waals surface area contributed by atoms with Crippen molar-refractivity contribution in [3.63, 3.8) is 0 Å². The lowest BCUT2D eigenvalue weighted by atomic mass is 9.84. The Morgan fingerprint density at radius 1 is 1.40 bits per heavy atom. The lowest BCUT2D eigenvalue weighted by molar-refractivity contribution is 0.0611. The Balaban J connectivity index is 1.34. The van der Waals surface area contributed by atoms with Crippen molar-refractivity contribution in [1.82, 2.24) is 20.0 Å². The number of ether oxygens (including phenoxy) is 1. The minimum absolute atomic E-state index is 0.0606. The summed E-state index contributed by atoms with van der Waals surface area (Å²) in [6.45, 7) is 4.56. The molecule has 2 saturated heterocycles. The molecule has 2 aliphatic rings. The third-order valence-electron chi connectivity index (χ3n) is 4.96. The Morgan fingerprint density at radius 3 is 3.00 bits per heavy atom. The van der Waals surface area contributed by atoms with E-state index in [2.05, 4.69) is 20.4 Å². The van der Waals surface area contributed by atoms with Gasteiger partial charge >= 0.3 is 0 Å². The van der Waals surface area contributed by atoms with Gasteiger partial charge in [-0.05, 0) is 25.3 Å². The predicted molar refractivity (Wildman–Crippen MR) is 89.0 cm³/mol. The first-order chi connectivity index (χ1) is 12.2. The number of hydrogen-bond donors (Lipinski definition) is 1. The highest BCUT2D eigenvalue weighted by molar-refractivity contribution is 5.92. The molecule has 2 aromatic heterocycles. The number of fused-ring (bicyclic) bond motifs is 1. The van der Waals surface area contributed by atoms with Gasteiger partial charge in [-0.1, -0.05) is 5.16 Å². The van der Waals surface area contributed by atoms with E-state index in [0.29, 0.717) is 55.5 Å². The minimum Gasteiger partial charge on any atom is -0.376 e. The van der Waals surface area contributed by atoms with E-state index in [4.69, 9.17) is 9.26 Å². The van der Waals surface area contributed by atoms with Gasteiger partial charge in [0.25, 0.3) is 5.91 Å². The summed E-state index contributed by atoms with van der Waals surface area (Å²) in [5.74, 6) is 2.00. The average molecular weight is 343 g/mol. The topological polar surface area (TPSA) is 93.4 Å². The van der Waals surface area contributed by atoms with Crippen LogP contribution in [-0.4, -0.2) is 58.3 Å². The number of likely N-dealkylation sites (tertiary alicyclic amines) is 1. The molecule has 0 bridgehead atoms. The smallest absolute Gasteiger partial charge is 0.276 e. The van der Waals surface area contributed by atoms with E-state index in [1.54, 1.807) is 31.5 Å². The van der Waals surface area contributed by atoms with Crippen LogP contribution >= 0.6 is 0 Å². The van der Waals surface area contributed by atoms with Crippen LogP contribution in [0.5, 0.6) is 0 Å². The van der Waals surface area contributed by atoms with Crippen LogP contribution in [0.1, 0.15) is 22.7 Å². The maximum Gasteiger partial charge on any atom is 0.276 e. The zero-order valence-electron chi connectivity index (χ0n) is 14.1. The van der Waals surface area contributed by atoms with Crippen LogP contribution in [-0.2, 0) is 4.74 Å². The first-order valence-electron chi connectivity index (χ1n) is 8.56. The lowest BCUT2D eigenvalue weighted by Crippen LogP contribution is -2.45. The number of carbonyl (C=O) groups excluding carboxylic acids is 1. The van der Waals surface area contributed by atoms with Gasteiger partial charge in [0.1, 0.15) is 5.76 Å². The minimum atomic E-state index is -0.0606. The Kier molecular flexibility index (Phi) is 4.35. The third-order valence-corrected chi connectivity index (χ3v) is 4.96. The van der Waals surface area contributed by atoms with Gasteiger partial charge in [-0.25, -0.2) is 9.97 Å². The number of hydrogen-bond acceptors (Lipinski definition) is 7. The van der Waals surface area contributed by atoms with Crippen LogP contribution in [0, 0.1) is 18.8 Å². The summed E-state index contributed by atoms with van der Waals surface area (Å²) in [7, 11) is 0. The Bertz CT molecular complexity index is 735. The van der Waals surface area contributed by atoms with Crippen molar-refractivity contribution in [3.05, 3.63) is 36.0 Å². The van der Waals surface area contributed by atoms with Gasteiger partial charge in [0.2, 0.25) is 5.95 Å². The predicted octanol–water partition coefficient (Wildman–Crippen LogP) is 1.36. The number of amides is 1. The van der Waals surface area contributed by atoms with Crippen LogP contribution < -0.4 is 5.32 Å². The van der Waals surface area contributed by atoms with E-state index in [9.17, 15) is 4.79 Å². The van der Waals surface area contributed by atoms with E-state index in [-0.39, 0.29) is 12.0 Å². The number of aromatic nitrogens is 3. The van der Waals surface area contributed by atoms with E-state index < -0.39 is 0 Å². The number of nitrogens with one attached hydrogen (secondary N) is 1. The van der Waals surface area contributed by atoms with E-state index in [1.165, 1.54) is 0 Å². The van der Waals surface area contributed by atoms with Crippen molar-refractivity contribution in [2.45, 2.75) is 19.4 Å². The summed E-state index contributed by atoms with van der Waals surface area (Å²) in [6, 6.07) is 3.47. The Morgan fingerprint density at radius 2 is 2.24 bits per heavy atom. The van der Waals surface area contributed by atoms with Gasteiger partial charge in [-0.15, -0.1) is 0 Å². The number of rotatable bonds is 4. The molecular formula is C17H21N5O3. The van der Waals surface area contributed by atoms with Gasteiger partial charge < -0.3 is 19.5 Å². The molecule has 2 aromatic rings. The van der Waals surface area contributed by atoms with E-state index in [1.807, 2.05) is 4.90 Å². The molecule has 0 aromatic carbocycles. The first kappa shape index (κ1) is 16.0. The highest BCUT2D eigenvalue weighted by Crippen LogP contribution is 2.34. The molecule has 0 spiro atoms. The number of carbonyl (C=O) groups is 1. The van der Waals surface area contributed by atoms with Crippen molar-refractivity contribution < 1.29 is 14.1 Å².